The third-order valence-electron chi connectivity index (χ3n) is 7.39. The molecule has 0 unspecified atom stereocenters. The molecule has 0 aliphatic carbocycles. The molecule has 3 atom stereocenters. The van der Waals surface area contributed by atoms with Crippen molar-refractivity contribution < 1.29 is 14.3 Å². The summed E-state index contributed by atoms with van der Waals surface area (Å²) < 4.78 is 5.93. The quantitative estimate of drug-likeness (QED) is 0.423. The van der Waals surface area contributed by atoms with Gasteiger partial charge in [0.2, 0.25) is 0 Å². The minimum Gasteiger partial charge on any atom is -0.438 e. The molecule has 6 rings (SSSR count). The average molecular weight is 463 g/mol. The topological polar surface area (TPSA) is 58.6 Å². The summed E-state index contributed by atoms with van der Waals surface area (Å²) in [7, 11) is 0. The van der Waals surface area contributed by atoms with E-state index in [0.29, 0.717) is 13.0 Å². The maximum atomic E-state index is 14.3. The number of nitrogens with one attached hydrogen (secondary N) is 1. The van der Waals surface area contributed by atoms with Gasteiger partial charge < -0.3 is 10.1 Å². The number of cyclic esters (lactones) is 1. The van der Waals surface area contributed by atoms with Crippen LogP contribution in [0.25, 0.3) is 10.8 Å². The first kappa shape index (κ1) is 21.4. The van der Waals surface area contributed by atoms with Crippen molar-refractivity contribution >= 4 is 22.8 Å². The average Bonchev–Trinajstić information content (AvgIpc) is 3.20. The maximum Gasteiger partial charge on any atom is 0.411 e. The molecule has 35 heavy (non-hydrogen) atoms. The number of carbonyl (C=O) groups is 2. The second-order valence-electron chi connectivity index (χ2n) is 9.39. The molecule has 174 valence electrons. The van der Waals surface area contributed by atoms with E-state index in [2.05, 4.69) is 23.5 Å². The van der Waals surface area contributed by atoms with Crippen molar-refractivity contribution in [2.75, 3.05) is 0 Å². The maximum absolute atomic E-state index is 14.3. The van der Waals surface area contributed by atoms with Crippen molar-refractivity contribution in [3.63, 3.8) is 0 Å². The number of rotatable bonds is 4. The zero-order valence-corrected chi connectivity index (χ0v) is 19.5. The molecular weight excluding hydrogens is 436 g/mol. The Bertz CT molecular complexity index is 1430. The van der Waals surface area contributed by atoms with Crippen molar-refractivity contribution in [1.82, 2.24) is 10.2 Å². The highest BCUT2D eigenvalue weighted by molar-refractivity contribution is 5.95. The van der Waals surface area contributed by atoms with E-state index in [1.54, 1.807) is 4.90 Å². The molecule has 2 aliphatic heterocycles. The number of benzene rings is 4. The molecule has 2 aliphatic rings. The van der Waals surface area contributed by atoms with E-state index in [-0.39, 0.29) is 11.9 Å². The highest BCUT2D eigenvalue weighted by Crippen LogP contribution is 2.48. The minimum absolute atomic E-state index is 0.202. The van der Waals surface area contributed by atoms with Crippen LogP contribution in [-0.2, 0) is 22.5 Å². The summed E-state index contributed by atoms with van der Waals surface area (Å²) >= 11 is 0. The molecule has 0 spiro atoms. The number of fused-ring (bicyclic) bond motifs is 3. The van der Waals surface area contributed by atoms with Gasteiger partial charge >= 0.3 is 6.09 Å². The molecule has 0 radical (unpaired) electrons. The number of carbonyl (C=O) groups excluding carboxylic acids is 2. The minimum atomic E-state index is -1.17. The fraction of sp³-hybridized carbons (Fsp3) is 0.200. The first-order valence-electron chi connectivity index (χ1n) is 12.0. The second kappa shape index (κ2) is 8.27. The largest absolute Gasteiger partial charge is 0.438 e. The van der Waals surface area contributed by atoms with Gasteiger partial charge in [-0.3, -0.25) is 9.69 Å². The fourth-order valence-electron chi connectivity index (χ4n) is 5.63. The first-order chi connectivity index (χ1) is 17.1. The molecule has 5 heteroatoms. The lowest BCUT2D eigenvalue weighted by molar-refractivity contribution is -0.135. The molecule has 0 saturated carbocycles. The third-order valence-corrected chi connectivity index (χ3v) is 7.39. The van der Waals surface area contributed by atoms with E-state index >= 15 is 0 Å². The highest BCUT2D eigenvalue weighted by atomic mass is 16.6. The van der Waals surface area contributed by atoms with Crippen molar-refractivity contribution in [2.24, 2.45) is 0 Å². The van der Waals surface area contributed by atoms with Crippen molar-refractivity contribution in [1.29, 1.82) is 0 Å². The molecule has 2 heterocycles. The Balaban J connectivity index is 1.43. The van der Waals surface area contributed by atoms with Crippen LogP contribution in [0.5, 0.6) is 0 Å². The van der Waals surface area contributed by atoms with Crippen LogP contribution in [0.2, 0.25) is 0 Å². The molecule has 1 N–H and O–H groups in total. The Hall–Kier alpha value is -4.12. The van der Waals surface area contributed by atoms with Crippen molar-refractivity contribution in [3.8, 4) is 0 Å². The van der Waals surface area contributed by atoms with Gasteiger partial charge in [-0.15, -0.1) is 0 Å². The molecule has 4 aromatic rings. The van der Waals surface area contributed by atoms with Crippen molar-refractivity contribution in [3.05, 3.63) is 119 Å². The van der Waals surface area contributed by atoms with Crippen LogP contribution in [0.3, 0.4) is 0 Å². The number of hydrogen-bond acceptors (Lipinski definition) is 3. The van der Waals surface area contributed by atoms with E-state index in [4.69, 9.17) is 4.74 Å². The van der Waals surface area contributed by atoms with Crippen LogP contribution in [0.15, 0.2) is 97.1 Å². The summed E-state index contributed by atoms with van der Waals surface area (Å²) in [5.41, 5.74) is 2.79. The molecule has 4 aromatic carbocycles. The molecule has 2 amide bonds. The number of hydrogen-bond donors (Lipinski definition) is 1. The van der Waals surface area contributed by atoms with Gasteiger partial charge in [0.1, 0.15) is 0 Å². The van der Waals surface area contributed by atoms with E-state index in [9.17, 15) is 9.59 Å². The van der Waals surface area contributed by atoms with E-state index in [1.165, 1.54) is 0 Å². The second-order valence-corrected chi connectivity index (χ2v) is 9.39. The van der Waals surface area contributed by atoms with Gasteiger partial charge in [-0.05, 0) is 39.9 Å². The Morgan fingerprint density at radius 1 is 0.914 bits per heavy atom. The van der Waals surface area contributed by atoms with Gasteiger partial charge in [-0.25, -0.2) is 4.79 Å². The molecule has 1 saturated heterocycles. The van der Waals surface area contributed by atoms with Crippen LogP contribution in [0.1, 0.15) is 41.3 Å². The van der Waals surface area contributed by atoms with Gasteiger partial charge in [0.25, 0.3) is 5.91 Å². The summed E-state index contributed by atoms with van der Waals surface area (Å²) in [4.78, 5) is 29.1. The van der Waals surface area contributed by atoms with Gasteiger partial charge in [0, 0.05) is 6.42 Å². The van der Waals surface area contributed by atoms with E-state index < -0.39 is 17.7 Å². The predicted molar refractivity (Wildman–Crippen MR) is 135 cm³/mol. The molecule has 0 bridgehead atoms. The summed E-state index contributed by atoms with van der Waals surface area (Å²) in [6, 6.07) is 31.6. The lowest BCUT2D eigenvalue weighted by Crippen LogP contribution is -2.61. The molecule has 5 nitrogen and oxygen atoms in total. The number of ether oxygens (including phenoxy) is 1. The summed E-state index contributed by atoms with van der Waals surface area (Å²) in [6.45, 7) is 2.33. The number of nitrogens with zero attached hydrogens (tertiary/aromatic N) is 1. The van der Waals surface area contributed by atoms with Gasteiger partial charge in [-0.1, -0.05) is 97.1 Å². The Morgan fingerprint density at radius 3 is 2.43 bits per heavy atom. The predicted octanol–water partition coefficient (Wildman–Crippen LogP) is 5.71. The Morgan fingerprint density at radius 2 is 1.60 bits per heavy atom. The van der Waals surface area contributed by atoms with E-state index in [0.717, 1.165) is 33.0 Å². The van der Waals surface area contributed by atoms with Crippen LogP contribution >= 0.6 is 0 Å². The summed E-state index contributed by atoms with van der Waals surface area (Å²) in [5.74, 6) is -0.202. The number of amides is 2. The summed E-state index contributed by atoms with van der Waals surface area (Å²) in [5, 5.41) is 5.48. The van der Waals surface area contributed by atoms with Crippen LogP contribution in [-0.4, -0.2) is 22.4 Å². The van der Waals surface area contributed by atoms with Crippen molar-refractivity contribution in [2.45, 2.75) is 37.6 Å². The van der Waals surface area contributed by atoms with E-state index in [1.807, 2.05) is 85.8 Å². The standard InChI is InChI=1S/C30H26N2O3/c1-20(25-17-9-15-21-10-7-8-16-26(21)25)31-28(33)30-18-23-13-5-6-14-24(23)19-32(30)29(34)35-27(30)22-11-3-2-4-12-22/h2-17,20,27H,18-19H2,1H3,(H,31,33)/t20-,27-,30-/m0/s1. The smallest absolute Gasteiger partial charge is 0.411 e. The van der Waals surface area contributed by atoms with Gasteiger partial charge in [-0.2, -0.15) is 0 Å². The first-order valence-corrected chi connectivity index (χ1v) is 12.0. The van der Waals surface area contributed by atoms with Crippen LogP contribution in [0, 0.1) is 0 Å². The normalized spacial score (nSPS) is 21.7. The zero-order chi connectivity index (χ0) is 24.0. The zero-order valence-electron chi connectivity index (χ0n) is 19.5. The highest BCUT2D eigenvalue weighted by Gasteiger charge is 2.62. The Kier molecular flexibility index (Phi) is 5.06. The van der Waals surface area contributed by atoms with Gasteiger partial charge in [0.15, 0.2) is 11.6 Å². The van der Waals surface area contributed by atoms with Gasteiger partial charge in [0.05, 0.1) is 12.6 Å². The monoisotopic (exact) mass is 462 g/mol. The molecular formula is C30H26N2O3. The Labute approximate surface area is 204 Å². The lowest BCUT2D eigenvalue weighted by Gasteiger charge is -2.42. The third kappa shape index (κ3) is 3.38. The fourth-order valence-corrected chi connectivity index (χ4v) is 5.63. The molecule has 1 fully saturated rings. The SMILES string of the molecule is C[C@H](NC(=O)[C@@]12Cc3ccccc3CN1C(=O)O[C@H]2c1ccccc1)c1cccc2ccccc12. The molecule has 0 aromatic heterocycles. The lowest BCUT2D eigenvalue weighted by atomic mass is 9.76. The van der Waals surface area contributed by atoms with Crippen LogP contribution in [0.4, 0.5) is 4.79 Å². The van der Waals surface area contributed by atoms with Crippen LogP contribution < -0.4 is 5.32 Å². The summed E-state index contributed by atoms with van der Waals surface area (Å²) in [6.07, 6.45) is -0.770.